The molecule has 0 atom stereocenters. The van der Waals surface area contributed by atoms with Crippen molar-refractivity contribution in [3.8, 4) is 18.1 Å². The SMILES string of the molecule is C#CCSCCNCc1nc(C)ccc1O. The molecule has 0 bridgehead atoms. The molecule has 1 rings (SSSR count). The highest BCUT2D eigenvalue weighted by atomic mass is 32.2. The molecule has 0 amide bonds. The van der Waals surface area contributed by atoms with E-state index < -0.39 is 0 Å². The summed E-state index contributed by atoms with van der Waals surface area (Å²) in [6, 6.07) is 3.47. The van der Waals surface area contributed by atoms with Crippen LogP contribution in [0.4, 0.5) is 0 Å². The molecule has 0 fully saturated rings. The van der Waals surface area contributed by atoms with Gasteiger partial charge in [0.15, 0.2) is 0 Å². The van der Waals surface area contributed by atoms with Crippen LogP contribution in [-0.4, -0.2) is 28.1 Å². The number of rotatable bonds is 6. The molecule has 1 heterocycles. The van der Waals surface area contributed by atoms with Crippen LogP contribution in [0.5, 0.6) is 5.75 Å². The third kappa shape index (κ3) is 4.56. The number of hydrogen-bond donors (Lipinski definition) is 2. The zero-order valence-electron chi connectivity index (χ0n) is 9.36. The first-order valence-corrected chi connectivity index (χ1v) is 6.27. The van der Waals surface area contributed by atoms with Gasteiger partial charge in [-0.2, -0.15) is 0 Å². The van der Waals surface area contributed by atoms with Crippen molar-refractivity contribution < 1.29 is 5.11 Å². The van der Waals surface area contributed by atoms with Crippen LogP contribution in [0.15, 0.2) is 12.1 Å². The largest absolute Gasteiger partial charge is 0.506 e. The van der Waals surface area contributed by atoms with E-state index >= 15 is 0 Å². The molecule has 0 unspecified atom stereocenters. The molecule has 0 spiro atoms. The maximum Gasteiger partial charge on any atom is 0.138 e. The average Bonchev–Trinajstić information content (AvgIpc) is 2.28. The summed E-state index contributed by atoms with van der Waals surface area (Å²) in [4.78, 5) is 4.26. The Hall–Kier alpha value is -1.18. The van der Waals surface area contributed by atoms with Crippen LogP contribution in [-0.2, 0) is 6.54 Å². The number of nitrogens with one attached hydrogen (secondary N) is 1. The van der Waals surface area contributed by atoms with Crippen LogP contribution in [0.2, 0.25) is 0 Å². The standard InChI is InChI=1S/C12H16N2OS/c1-3-7-16-8-6-13-9-11-12(15)5-4-10(2)14-11/h1,4-5,13,15H,6-9H2,2H3. The van der Waals surface area contributed by atoms with E-state index in [4.69, 9.17) is 6.42 Å². The summed E-state index contributed by atoms with van der Waals surface area (Å²) in [5.74, 6) is 4.54. The summed E-state index contributed by atoms with van der Waals surface area (Å²) < 4.78 is 0. The second kappa shape index (κ2) is 7.15. The highest BCUT2D eigenvalue weighted by molar-refractivity contribution is 7.99. The van der Waals surface area contributed by atoms with Crippen molar-refractivity contribution in [2.24, 2.45) is 0 Å². The van der Waals surface area contributed by atoms with Crippen molar-refractivity contribution in [3.05, 3.63) is 23.5 Å². The monoisotopic (exact) mass is 236 g/mol. The number of nitrogens with zero attached hydrogens (tertiary/aromatic N) is 1. The molecule has 0 aliphatic carbocycles. The van der Waals surface area contributed by atoms with Crippen molar-refractivity contribution in [2.45, 2.75) is 13.5 Å². The molecule has 1 aromatic rings. The van der Waals surface area contributed by atoms with Gasteiger partial charge in [0.25, 0.3) is 0 Å². The van der Waals surface area contributed by atoms with Gasteiger partial charge in [-0.05, 0) is 19.1 Å². The topological polar surface area (TPSA) is 45.2 Å². The Balaban J connectivity index is 2.27. The number of pyridine rings is 1. The minimum atomic E-state index is 0.245. The Bertz CT molecular complexity index is 374. The summed E-state index contributed by atoms with van der Waals surface area (Å²) in [7, 11) is 0. The minimum absolute atomic E-state index is 0.245. The first-order chi connectivity index (χ1) is 7.74. The first kappa shape index (κ1) is 12.9. The van der Waals surface area contributed by atoms with E-state index in [2.05, 4.69) is 16.2 Å². The van der Waals surface area contributed by atoms with Gasteiger partial charge in [0.1, 0.15) is 5.75 Å². The lowest BCUT2D eigenvalue weighted by Gasteiger charge is -2.06. The molecule has 0 radical (unpaired) electrons. The van der Waals surface area contributed by atoms with Crippen LogP contribution in [0.3, 0.4) is 0 Å². The molecular weight excluding hydrogens is 220 g/mol. The third-order valence-corrected chi connectivity index (χ3v) is 2.85. The van der Waals surface area contributed by atoms with Gasteiger partial charge in [0.05, 0.1) is 11.4 Å². The van der Waals surface area contributed by atoms with E-state index in [0.29, 0.717) is 12.2 Å². The Labute approximate surface area is 101 Å². The van der Waals surface area contributed by atoms with Crippen LogP contribution in [0.25, 0.3) is 0 Å². The first-order valence-electron chi connectivity index (χ1n) is 5.11. The molecular formula is C12H16N2OS. The zero-order chi connectivity index (χ0) is 11.8. The van der Waals surface area contributed by atoms with E-state index in [1.54, 1.807) is 23.9 Å². The molecule has 0 aliphatic rings. The fourth-order valence-electron chi connectivity index (χ4n) is 1.22. The van der Waals surface area contributed by atoms with E-state index in [0.717, 1.165) is 23.7 Å². The lowest BCUT2D eigenvalue weighted by Crippen LogP contribution is -2.17. The third-order valence-electron chi connectivity index (χ3n) is 1.99. The van der Waals surface area contributed by atoms with Crippen molar-refractivity contribution in [1.29, 1.82) is 0 Å². The van der Waals surface area contributed by atoms with E-state index in [-0.39, 0.29) is 5.75 Å². The van der Waals surface area contributed by atoms with Crippen LogP contribution in [0.1, 0.15) is 11.4 Å². The smallest absolute Gasteiger partial charge is 0.138 e. The number of aromatic nitrogens is 1. The van der Waals surface area contributed by atoms with Crippen molar-refractivity contribution in [2.75, 3.05) is 18.1 Å². The summed E-state index contributed by atoms with van der Waals surface area (Å²) in [6.45, 7) is 3.36. The van der Waals surface area contributed by atoms with Crippen LogP contribution >= 0.6 is 11.8 Å². The second-order valence-corrected chi connectivity index (χ2v) is 4.46. The average molecular weight is 236 g/mol. The molecule has 0 aromatic carbocycles. The number of thioether (sulfide) groups is 1. The summed E-state index contributed by atoms with van der Waals surface area (Å²) in [5.41, 5.74) is 1.61. The van der Waals surface area contributed by atoms with Crippen molar-refractivity contribution >= 4 is 11.8 Å². The normalized spacial score (nSPS) is 10.0. The highest BCUT2D eigenvalue weighted by Crippen LogP contribution is 2.13. The molecule has 0 aliphatic heterocycles. The summed E-state index contributed by atoms with van der Waals surface area (Å²) in [5, 5.41) is 12.8. The highest BCUT2D eigenvalue weighted by Gasteiger charge is 2.01. The lowest BCUT2D eigenvalue weighted by atomic mass is 10.3. The molecule has 3 nitrogen and oxygen atoms in total. The predicted octanol–water partition coefficient (Wildman–Crippen LogP) is 1.55. The molecule has 0 saturated carbocycles. The maximum absolute atomic E-state index is 9.54. The van der Waals surface area contributed by atoms with E-state index in [1.807, 2.05) is 6.92 Å². The fraction of sp³-hybridized carbons (Fsp3) is 0.417. The van der Waals surface area contributed by atoms with Gasteiger partial charge >= 0.3 is 0 Å². The van der Waals surface area contributed by atoms with Gasteiger partial charge in [0.2, 0.25) is 0 Å². The lowest BCUT2D eigenvalue weighted by molar-refractivity contribution is 0.460. The quantitative estimate of drug-likeness (QED) is 0.581. The Morgan fingerprint density at radius 3 is 3.12 bits per heavy atom. The Kier molecular flexibility index (Phi) is 5.76. The van der Waals surface area contributed by atoms with Crippen LogP contribution < -0.4 is 5.32 Å². The second-order valence-electron chi connectivity index (χ2n) is 3.35. The number of hydrogen-bond acceptors (Lipinski definition) is 4. The van der Waals surface area contributed by atoms with Gasteiger partial charge in [-0.3, -0.25) is 4.98 Å². The van der Waals surface area contributed by atoms with E-state index in [1.165, 1.54) is 0 Å². The maximum atomic E-state index is 9.54. The summed E-state index contributed by atoms with van der Waals surface area (Å²) >= 11 is 1.71. The number of terminal acetylenes is 1. The minimum Gasteiger partial charge on any atom is -0.506 e. The zero-order valence-corrected chi connectivity index (χ0v) is 10.2. The molecule has 0 saturated heterocycles. The molecule has 2 N–H and O–H groups in total. The van der Waals surface area contributed by atoms with Gasteiger partial charge in [-0.1, -0.05) is 5.92 Å². The van der Waals surface area contributed by atoms with E-state index in [9.17, 15) is 5.11 Å². The van der Waals surface area contributed by atoms with Crippen molar-refractivity contribution in [1.82, 2.24) is 10.3 Å². The molecule has 4 heteroatoms. The predicted molar refractivity (Wildman–Crippen MR) is 68.5 cm³/mol. The number of aryl methyl sites for hydroxylation is 1. The van der Waals surface area contributed by atoms with Gasteiger partial charge in [0, 0.05) is 24.5 Å². The molecule has 1 aromatic heterocycles. The van der Waals surface area contributed by atoms with Gasteiger partial charge in [-0.15, -0.1) is 18.2 Å². The van der Waals surface area contributed by atoms with Crippen LogP contribution in [0, 0.1) is 19.3 Å². The molecule has 16 heavy (non-hydrogen) atoms. The number of aromatic hydroxyl groups is 1. The summed E-state index contributed by atoms with van der Waals surface area (Å²) in [6.07, 6.45) is 5.14. The van der Waals surface area contributed by atoms with Gasteiger partial charge < -0.3 is 10.4 Å². The Morgan fingerprint density at radius 1 is 1.56 bits per heavy atom. The van der Waals surface area contributed by atoms with Gasteiger partial charge in [-0.25, -0.2) is 0 Å². The Morgan fingerprint density at radius 2 is 2.38 bits per heavy atom. The fourth-order valence-corrected chi connectivity index (χ4v) is 1.77. The molecule has 86 valence electrons. The van der Waals surface area contributed by atoms with Crippen molar-refractivity contribution in [3.63, 3.8) is 0 Å².